The average Bonchev–Trinajstić information content (AvgIpc) is 2.44. The second-order valence-electron chi connectivity index (χ2n) is 4.78. The molecule has 1 aromatic carbocycles. The van der Waals surface area contributed by atoms with Crippen LogP contribution < -0.4 is 15.8 Å². The Labute approximate surface area is 115 Å². The Balaban J connectivity index is 2.53. The van der Waals surface area contributed by atoms with Crippen LogP contribution in [0.1, 0.15) is 38.3 Å². The van der Waals surface area contributed by atoms with Crippen LogP contribution in [0.4, 0.5) is 0 Å². The highest BCUT2D eigenvalue weighted by Crippen LogP contribution is 2.17. The molecule has 0 aliphatic carbocycles. The van der Waals surface area contributed by atoms with Crippen molar-refractivity contribution in [2.75, 3.05) is 13.7 Å². The van der Waals surface area contributed by atoms with Crippen molar-refractivity contribution in [1.82, 2.24) is 5.32 Å². The number of amides is 1. The van der Waals surface area contributed by atoms with Crippen LogP contribution in [0, 0.1) is 5.92 Å². The standard InChI is InChI=1S/C15H24N2O2/c1-4-12(10-16)9-15(18)17-11(2)13-5-7-14(19-3)8-6-13/h5-8,11-12H,4,9-10,16H2,1-3H3,(H,17,18)/t11-,12?/m1/s1. The SMILES string of the molecule is CCC(CN)CC(=O)N[C@H](C)c1ccc(OC)cc1. The minimum Gasteiger partial charge on any atom is -0.497 e. The minimum absolute atomic E-state index is 0.00585. The van der Waals surface area contributed by atoms with Gasteiger partial charge in [0.05, 0.1) is 13.2 Å². The summed E-state index contributed by atoms with van der Waals surface area (Å²) in [4.78, 5) is 11.9. The lowest BCUT2D eigenvalue weighted by Crippen LogP contribution is -2.30. The molecule has 1 amide bonds. The van der Waals surface area contributed by atoms with Crippen molar-refractivity contribution >= 4 is 5.91 Å². The molecule has 0 fully saturated rings. The summed E-state index contributed by atoms with van der Waals surface area (Å²) >= 11 is 0. The van der Waals surface area contributed by atoms with E-state index in [4.69, 9.17) is 10.5 Å². The lowest BCUT2D eigenvalue weighted by Gasteiger charge is -2.17. The van der Waals surface area contributed by atoms with Crippen LogP contribution in [0.15, 0.2) is 24.3 Å². The molecule has 0 bridgehead atoms. The number of hydrogen-bond acceptors (Lipinski definition) is 3. The van der Waals surface area contributed by atoms with Crippen molar-refractivity contribution in [3.05, 3.63) is 29.8 Å². The Morgan fingerprint density at radius 2 is 2.00 bits per heavy atom. The first-order valence-electron chi connectivity index (χ1n) is 6.74. The van der Waals surface area contributed by atoms with Crippen molar-refractivity contribution in [2.24, 2.45) is 11.7 Å². The molecule has 3 N–H and O–H groups in total. The summed E-state index contributed by atoms with van der Waals surface area (Å²) in [5, 5.41) is 3.00. The minimum atomic E-state index is -0.00585. The third-order valence-corrected chi connectivity index (χ3v) is 3.38. The fraction of sp³-hybridized carbons (Fsp3) is 0.533. The number of nitrogens with two attached hydrogens (primary N) is 1. The maximum atomic E-state index is 11.9. The zero-order valence-corrected chi connectivity index (χ0v) is 12.0. The van der Waals surface area contributed by atoms with E-state index in [1.165, 1.54) is 0 Å². The monoisotopic (exact) mass is 264 g/mol. The molecule has 2 atom stereocenters. The molecule has 4 heteroatoms. The summed E-state index contributed by atoms with van der Waals surface area (Å²) in [6, 6.07) is 7.71. The Morgan fingerprint density at radius 3 is 2.47 bits per heavy atom. The lowest BCUT2D eigenvalue weighted by molar-refractivity contribution is -0.122. The number of nitrogens with one attached hydrogen (secondary N) is 1. The van der Waals surface area contributed by atoms with Gasteiger partial charge in [-0.2, -0.15) is 0 Å². The zero-order chi connectivity index (χ0) is 14.3. The Bertz CT molecular complexity index is 386. The van der Waals surface area contributed by atoms with Gasteiger partial charge in [-0.3, -0.25) is 4.79 Å². The number of carbonyl (C=O) groups excluding carboxylic acids is 1. The van der Waals surface area contributed by atoms with Crippen LogP contribution in [-0.2, 0) is 4.79 Å². The fourth-order valence-corrected chi connectivity index (χ4v) is 1.93. The number of benzene rings is 1. The average molecular weight is 264 g/mol. The topological polar surface area (TPSA) is 64.4 Å². The number of rotatable bonds is 7. The predicted molar refractivity (Wildman–Crippen MR) is 77.0 cm³/mol. The molecule has 1 unspecified atom stereocenters. The molecule has 0 aromatic heterocycles. The lowest BCUT2D eigenvalue weighted by atomic mass is 10.0. The van der Waals surface area contributed by atoms with Crippen molar-refractivity contribution < 1.29 is 9.53 Å². The van der Waals surface area contributed by atoms with E-state index in [0.717, 1.165) is 17.7 Å². The molecule has 4 nitrogen and oxygen atoms in total. The Kier molecular flexibility index (Phi) is 6.36. The maximum absolute atomic E-state index is 11.9. The van der Waals surface area contributed by atoms with Crippen molar-refractivity contribution in [1.29, 1.82) is 0 Å². The maximum Gasteiger partial charge on any atom is 0.220 e. The first-order valence-corrected chi connectivity index (χ1v) is 6.74. The molecule has 106 valence electrons. The van der Waals surface area contributed by atoms with Gasteiger partial charge in [-0.05, 0) is 37.1 Å². The van der Waals surface area contributed by atoms with E-state index in [0.29, 0.717) is 13.0 Å². The number of methoxy groups -OCH3 is 1. The normalized spacial score (nSPS) is 13.7. The van der Waals surface area contributed by atoms with Crippen LogP contribution in [-0.4, -0.2) is 19.6 Å². The second-order valence-corrected chi connectivity index (χ2v) is 4.78. The molecule has 0 radical (unpaired) electrons. The van der Waals surface area contributed by atoms with Gasteiger partial charge in [0.1, 0.15) is 5.75 Å². The van der Waals surface area contributed by atoms with E-state index in [1.807, 2.05) is 31.2 Å². The van der Waals surface area contributed by atoms with E-state index in [9.17, 15) is 4.79 Å². The summed E-state index contributed by atoms with van der Waals surface area (Å²) < 4.78 is 5.11. The molecule has 0 saturated heterocycles. The van der Waals surface area contributed by atoms with Crippen LogP contribution >= 0.6 is 0 Å². The number of carbonyl (C=O) groups is 1. The van der Waals surface area contributed by atoms with E-state index < -0.39 is 0 Å². The summed E-state index contributed by atoms with van der Waals surface area (Å²) in [6.45, 7) is 4.58. The smallest absolute Gasteiger partial charge is 0.220 e. The predicted octanol–water partition coefficient (Wildman–Crippen LogP) is 2.25. The quantitative estimate of drug-likeness (QED) is 0.794. The van der Waals surface area contributed by atoms with Crippen molar-refractivity contribution in [3.8, 4) is 5.75 Å². The van der Waals surface area contributed by atoms with Gasteiger partial charge in [-0.25, -0.2) is 0 Å². The summed E-state index contributed by atoms with van der Waals surface area (Å²) in [7, 11) is 1.64. The van der Waals surface area contributed by atoms with E-state index >= 15 is 0 Å². The van der Waals surface area contributed by atoms with Gasteiger partial charge in [0.15, 0.2) is 0 Å². The first-order chi connectivity index (χ1) is 9.10. The Morgan fingerprint density at radius 1 is 1.37 bits per heavy atom. The molecule has 0 spiro atoms. The highest BCUT2D eigenvalue weighted by Gasteiger charge is 2.13. The van der Waals surface area contributed by atoms with Crippen LogP contribution in [0.5, 0.6) is 5.75 Å². The van der Waals surface area contributed by atoms with Gasteiger partial charge in [-0.1, -0.05) is 25.5 Å². The Hall–Kier alpha value is -1.55. The summed E-state index contributed by atoms with van der Waals surface area (Å²) in [6.07, 6.45) is 1.42. The third-order valence-electron chi connectivity index (χ3n) is 3.38. The van der Waals surface area contributed by atoms with Gasteiger partial charge >= 0.3 is 0 Å². The van der Waals surface area contributed by atoms with E-state index in [2.05, 4.69) is 12.2 Å². The molecule has 0 heterocycles. The molecule has 1 aromatic rings. The van der Waals surface area contributed by atoms with E-state index in [1.54, 1.807) is 7.11 Å². The molecule has 0 aliphatic heterocycles. The third kappa shape index (κ3) is 4.91. The molecular formula is C15H24N2O2. The summed E-state index contributed by atoms with van der Waals surface area (Å²) in [5.41, 5.74) is 6.68. The highest BCUT2D eigenvalue weighted by atomic mass is 16.5. The second kappa shape index (κ2) is 7.79. The van der Waals surface area contributed by atoms with Gasteiger partial charge in [0.2, 0.25) is 5.91 Å². The van der Waals surface area contributed by atoms with Crippen molar-refractivity contribution in [2.45, 2.75) is 32.7 Å². The molecule has 19 heavy (non-hydrogen) atoms. The van der Waals surface area contributed by atoms with Crippen LogP contribution in [0.25, 0.3) is 0 Å². The zero-order valence-electron chi connectivity index (χ0n) is 12.0. The number of ether oxygens (including phenoxy) is 1. The first kappa shape index (κ1) is 15.5. The highest BCUT2D eigenvalue weighted by molar-refractivity contribution is 5.76. The molecular weight excluding hydrogens is 240 g/mol. The molecule has 0 saturated carbocycles. The van der Waals surface area contributed by atoms with Crippen LogP contribution in [0.3, 0.4) is 0 Å². The molecule has 1 rings (SSSR count). The fourth-order valence-electron chi connectivity index (χ4n) is 1.93. The van der Waals surface area contributed by atoms with Gasteiger partial charge < -0.3 is 15.8 Å². The molecule has 0 aliphatic rings. The van der Waals surface area contributed by atoms with Gasteiger partial charge in [0, 0.05) is 6.42 Å². The number of hydrogen-bond donors (Lipinski definition) is 2. The van der Waals surface area contributed by atoms with Crippen molar-refractivity contribution in [3.63, 3.8) is 0 Å². The van der Waals surface area contributed by atoms with E-state index in [-0.39, 0.29) is 17.9 Å². The van der Waals surface area contributed by atoms with Gasteiger partial charge in [-0.15, -0.1) is 0 Å². The summed E-state index contributed by atoms with van der Waals surface area (Å²) in [5.74, 6) is 1.14. The van der Waals surface area contributed by atoms with Crippen LogP contribution in [0.2, 0.25) is 0 Å². The van der Waals surface area contributed by atoms with Gasteiger partial charge in [0.25, 0.3) is 0 Å². The largest absolute Gasteiger partial charge is 0.497 e.